The minimum Gasteiger partial charge on any atom is -1.00 e. The van der Waals surface area contributed by atoms with Crippen LogP contribution in [0.15, 0.2) is 59.3 Å². The summed E-state index contributed by atoms with van der Waals surface area (Å²) >= 11 is 3.13. The number of rotatable bonds is 5. The SMILES string of the molecule is N#CC1(c2nc(-c3ccc(F)cc3)cs2)CCOCC1.NCC1(c2nc(-c3ccc(F)cc3)cs2)CCOCC1.[AlH3].[H-].[Li+]. The Balaban J connectivity index is 0.000000281. The van der Waals surface area contributed by atoms with Gasteiger partial charge < -0.3 is 16.6 Å². The summed E-state index contributed by atoms with van der Waals surface area (Å²) in [4.78, 5) is 9.33. The zero-order valence-corrected chi connectivity index (χ0v) is 24.6. The first kappa shape index (κ1) is 34.5. The van der Waals surface area contributed by atoms with Gasteiger partial charge in [-0.05, 0) is 74.2 Å². The molecule has 0 bridgehead atoms. The van der Waals surface area contributed by atoms with Crippen LogP contribution in [-0.2, 0) is 20.3 Å². The molecule has 2 aromatic heterocycles. The minimum atomic E-state index is -0.527. The fraction of sp³-hybridized carbons (Fsp3) is 0.367. The van der Waals surface area contributed by atoms with Crippen molar-refractivity contribution in [1.29, 1.82) is 5.26 Å². The van der Waals surface area contributed by atoms with E-state index in [1.807, 2.05) is 10.8 Å². The first-order valence-electron chi connectivity index (χ1n) is 13.2. The monoisotopic (exact) mass is 618 g/mol. The molecular formula is C30H34AlF2LiN4O2S2. The van der Waals surface area contributed by atoms with Gasteiger partial charge >= 0.3 is 18.9 Å². The standard InChI is InChI=1S/C15H17FN2OS.C15H13FN2OS.Al.Li.4H/c2*16-12-3-1-11(2-4-12)13-9-20-14(18-13)15(10-17)5-7-19-8-6-15;;;;;;/h1-4,9H,5-8,10,17H2;1-4,9H,5-8H2;;;;;;/q;;;+1;;;;-1. The second-order valence-electron chi connectivity index (χ2n) is 9.99. The number of ether oxygens (including phenoxy) is 2. The molecular weight excluding hydrogens is 584 g/mol. The van der Waals surface area contributed by atoms with E-state index in [0.29, 0.717) is 32.6 Å². The van der Waals surface area contributed by atoms with Gasteiger partial charge in [-0.2, -0.15) is 5.26 Å². The Hall–Kier alpha value is -1.94. The van der Waals surface area contributed by atoms with Gasteiger partial charge in [-0.3, -0.25) is 0 Å². The van der Waals surface area contributed by atoms with Crippen molar-refractivity contribution >= 4 is 40.0 Å². The maximum atomic E-state index is 13.0. The van der Waals surface area contributed by atoms with Crippen LogP contribution in [0.4, 0.5) is 8.78 Å². The molecule has 2 N–H and O–H groups in total. The number of nitrogens with zero attached hydrogens (tertiary/aromatic N) is 3. The number of hydrogen-bond donors (Lipinski definition) is 1. The molecule has 2 aromatic carbocycles. The number of nitriles is 1. The topological polar surface area (TPSA) is 94.0 Å². The van der Waals surface area contributed by atoms with Crippen molar-refractivity contribution in [3.05, 3.63) is 80.9 Å². The Morgan fingerprint density at radius 1 is 0.786 bits per heavy atom. The summed E-state index contributed by atoms with van der Waals surface area (Å²) in [5.74, 6) is -0.491. The molecule has 0 amide bonds. The molecule has 4 aromatic rings. The van der Waals surface area contributed by atoms with Crippen molar-refractivity contribution in [1.82, 2.24) is 9.97 Å². The van der Waals surface area contributed by atoms with E-state index in [2.05, 4.69) is 11.1 Å². The van der Waals surface area contributed by atoms with Gasteiger partial charge in [0.15, 0.2) is 17.4 Å². The van der Waals surface area contributed by atoms with Crippen molar-refractivity contribution in [2.45, 2.75) is 36.5 Å². The average Bonchev–Trinajstić information content (AvgIpc) is 3.71. The van der Waals surface area contributed by atoms with Gasteiger partial charge in [0.1, 0.15) is 27.1 Å². The third-order valence-electron chi connectivity index (χ3n) is 7.55. The number of hydrogen-bond acceptors (Lipinski definition) is 8. The van der Waals surface area contributed by atoms with E-state index in [-0.39, 0.29) is 54.7 Å². The summed E-state index contributed by atoms with van der Waals surface area (Å²) in [5.41, 5.74) is 8.92. The molecule has 2 aliphatic rings. The molecule has 0 saturated carbocycles. The largest absolute Gasteiger partial charge is 1.00 e. The molecule has 12 heteroatoms. The summed E-state index contributed by atoms with van der Waals surface area (Å²) in [6.45, 7) is 3.26. The fourth-order valence-corrected chi connectivity index (χ4v) is 7.02. The zero-order chi connectivity index (χ0) is 28.0. The fourth-order valence-electron chi connectivity index (χ4n) is 4.88. The average molecular weight is 619 g/mol. The quantitative estimate of drug-likeness (QED) is 0.346. The van der Waals surface area contributed by atoms with Crippen molar-refractivity contribution in [3.63, 3.8) is 0 Å². The number of halogens is 2. The molecule has 0 aliphatic carbocycles. The van der Waals surface area contributed by atoms with Gasteiger partial charge in [0.2, 0.25) is 0 Å². The molecule has 2 aliphatic heterocycles. The summed E-state index contributed by atoms with van der Waals surface area (Å²) in [7, 11) is 0. The van der Waals surface area contributed by atoms with Gasteiger partial charge in [-0.25, -0.2) is 18.7 Å². The number of aromatic nitrogens is 2. The van der Waals surface area contributed by atoms with Gasteiger partial charge in [0.05, 0.1) is 17.5 Å². The Labute approximate surface area is 277 Å². The molecule has 0 radical (unpaired) electrons. The summed E-state index contributed by atoms with van der Waals surface area (Å²) in [6, 6.07) is 15.1. The van der Waals surface area contributed by atoms with Crippen LogP contribution >= 0.6 is 22.7 Å². The number of benzene rings is 2. The predicted octanol–water partition coefficient (Wildman–Crippen LogP) is 2.41. The maximum Gasteiger partial charge on any atom is 1.00 e. The van der Waals surface area contributed by atoms with Crippen molar-refractivity contribution in [2.75, 3.05) is 33.0 Å². The molecule has 0 spiro atoms. The molecule has 0 atom stereocenters. The van der Waals surface area contributed by atoms with Crippen LogP contribution in [0.3, 0.4) is 0 Å². The van der Waals surface area contributed by atoms with Gasteiger partial charge in [0, 0.05) is 60.3 Å². The number of thiazole rings is 2. The van der Waals surface area contributed by atoms with E-state index >= 15 is 0 Å². The molecule has 2 fully saturated rings. The van der Waals surface area contributed by atoms with Crippen LogP contribution in [0, 0.1) is 23.0 Å². The van der Waals surface area contributed by atoms with E-state index in [4.69, 9.17) is 20.2 Å². The van der Waals surface area contributed by atoms with Gasteiger partial charge in [-0.15, -0.1) is 22.7 Å². The molecule has 6 rings (SSSR count). The van der Waals surface area contributed by atoms with Crippen LogP contribution in [0.2, 0.25) is 0 Å². The summed E-state index contributed by atoms with van der Waals surface area (Å²) < 4.78 is 36.7. The molecule has 216 valence electrons. The van der Waals surface area contributed by atoms with Crippen molar-refractivity contribution in [3.8, 4) is 28.6 Å². The van der Waals surface area contributed by atoms with E-state index < -0.39 is 5.41 Å². The number of nitrogens with two attached hydrogens (primary N) is 1. The Kier molecular flexibility index (Phi) is 12.9. The maximum absolute atomic E-state index is 13.0. The second kappa shape index (κ2) is 15.7. The molecule has 42 heavy (non-hydrogen) atoms. The molecule has 2 saturated heterocycles. The predicted molar refractivity (Wildman–Crippen MR) is 164 cm³/mol. The molecule has 6 nitrogen and oxygen atoms in total. The first-order chi connectivity index (χ1) is 19.5. The van der Waals surface area contributed by atoms with Crippen LogP contribution in [0.5, 0.6) is 0 Å². The van der Waals surface area contributed by atoms with Crippen LogP contribution in [-0.4, -0.2) is 60.3 Å². The van der Waals surface area contributed by atoms with Gasteiger partial charge in [-0.1, -0.05) is 0 Å². The Morgan fingerprint density at radius 3 is 1.67 bits per heavy atom. The zero-order valence-electron chi connectivity index (χ0n) is 23.9. The summed E-state index contributed by atoms with van der Waals surface area (Å²) in [6.07, 6.45) is 3.19. The molecule has 0 unspecified atom stereocenters. The van der Waals surface area contributed by atoms with Gasteiger partial charge in [0.25, 0.3) is 0 Å². The van der Waals surface area contributed by atoms with Crippen molar-refractivity contribution in [2.24, 2.45) is 5.73 Å². The van der Waals surface area contributed by atoms with E-state index in [1.54, 1.807) is 35.6 Å². The van der Waals surface area contributed by atoms with E-state index in [9.17, 15) is 14.0 Å². The Bertz CT molecular complexity index is 1460. The van der Waals surface area contributed by atoms with Crippen molar-refractivity contribution < 1.29 is 38.5 Å². The first-order valence-corrected chi connectivity index (χ1v) is 14.9. The third kappa shape index (κ3) is 7.76. The third-order valence-corrected chi connectivity index (χ3v) is 9.69. The summed E-state index contributed by atoms with van der Waals surface area (Å²) in [5, 5.41) is 15.4. The molecule has 4 heterocycles. The van der Waals surface area contributed by atoms with Crippen LogP contribution < -0.4 is 24.6 Å². The smallest absolute Gasteiger partial charge is 1.00 e. The van der Waals surface area contributed by atoms with Crippen LogP contribution in [0.25, 0.3) is 22.5 Å². The minimum absolute atomic E-state index is 0. The van der Waals surface area contributed by atoms with E-state index in [0.717, 1.165) is 58.6 Å². The second-order valence-corrected chi connectivity index (χ2v) is 11.7. The Morgan fingerprint density at radius 2 is 1.21 bits per heavy atom. The van der Waals surface area contributed by atoms with Crippen LogP contribution in [0.1, 0.15) is 37.1 Å². The normalized spacial score (nSPS) is 17.0. The van der Waals surface area contributed by atoms with E-state index in [1.165, 1.54) is 35.6 Å².